The lowest BCUT2D eigenvalue weighted by Crippen LogP contribution is -2.37. The van der Waals surface area contributed by atoms with Crippen LogP contribution < -0.4 is 19.7 Å². The number of carbonyl (C=O) groups excluding carboxylic acids is 2. The van der Waals surface area contributed by atoms with Gasteiger partial charge in [-0.15, -0.1) is 0 Å². The number of benzene rings is 2. The van der Waals surface area contributed by atoms with Gasteiger partial charge in [-0.2, -0.15) is 0 Å². The Morgan fingerprint density at radius 3 is 2.57 bits per heavy atom. The van der Waals surface area contributed by atoms with Crippen molar-refractivity contribution in [2.24, 2.45) is 0 Å². The van der Waals surface area contributed by atoms with Gasteiger partial charge in [0.15, 0.2) is 0 Å². The van der Waals surface area contributed by atoms with Crippen LogP contribution in [0.15, 0.2) is 42.5 Å². The molecule has 1 saturated heterocycles. The number of rotatable bonds is 7. The topological polar surface area (TPSA) is 71.1 Å². The highest BCUT2D eigenvalue weighted by Crippen LogP contribution is 2.26. The van der Waals surface area contributed by atoms with Crippen LogP contribution in [-0.2, 0) is 4.79 Å². The molecule has 0 radical (unpaired) electrons. The Labute approximate surface area is 164 Å². The largest absolute Gasteiger partial charge is 0.495 e. The van der Waals surface area contributed by atoms with Gasteiger partial charge in [-0.05, 0) is 55.8 Å². The molecule has 3 amide bonds. The van der Waals surface area contributed by atoms with E-state index in [1.54, 1.807) is 18.1 Å². The van der Waals surface area contributed by atoms with Crippen LogP contribution in [0.3, 0.4) is 0 Å². The van der Waals surface area contributed by atoms with E-state index in [0.29, 0.717) is 31.1 Å². The fourth-order valence-corrected chi connectivity index (χ4v) is 3.14. The maximum absolute atomic E-state index is 12.7. The zero-order valence-corrected chi connectivity index (χ0v) is 16.4. The van der Waals surface area contributed by atoms with E-state index in [9.17, 15) is 9.59 Å². The molecular formula is C21H25N3O4. The smallest absolute Gasteiger partial charge is 0.325 e. The summed E-state index contributed by atoms with van der Waals surface area (Å²) in [5.41, 5.74) is 2.40. The first-order valence-corrected chi connectivity index (χ1v) is 9.25. The molecule has 3 rings (SSSR count). The predicted molar refractivity (Wildman–Crippen MR) is 108 cm³/mol. The van der Waals surface area contributed by atoms with Crippen molar-refractivity contribution in [3.05, 3.63) is 48.0 Å². The molecule has 1 heterocycles. The van der Waals surface area contributed by atoms with Gasteiger partial charge in [0.25, 0.3) is 0 Å². The summed E-state index contributed by atoms with van der Waals surface area (Å²) in [6.45, 7) is 5.47. The molecule has 2 aromatic rings. The van der Waals surface area contributed by atoms with Crippen LogP contribution in [0.25, 0.3) is 0 Å². The third-order valence-electron chi connectivity index (χ3n) is 4.52. The minimum Gasteiger partial charge on any atom is -0.495 e. The Hall–Kier alpha value is -3.22. The highest BCUT2D eigenvalue weighted by molar-refractivity contribution is 5.99. The van der Waals surface area contributed by atoms with Crippen LogP contribution in [0.5, 0.6) is 11.5 Å². The lowest BCUT2D eigenvalue weighted by Gasteiger charge is -2.19. The number of ether oxygens (including phenoxy) is 2. The second kappa shape index (κ2) is 8.65. The van der Waals surface area contributed by atoms with Crippen LogP contribution in [0.4, 0.5) is 16.2 Å². The first-order valence-electron chi connectivity index (χ1n) is 9.25. The van der Waals surface area contributed by atoms with Gasteiger partial charge in [-0.25, -0.2) is 4.79 Å². The second-order valence-electron chi connectivity index (χ2n) is 6.53. The molecule has 148 valence electrons. The van der Waals surface area contributed by atoms with Gasteiger partial charge < -0.3 is 19.7 Å². The van der Waals surface area contributed by atoms with Crippen molar-refractivity contribution in [1.82, 2.24) is 4.90 Å². The fraction of sp³-hybridized carbons (Fsp3) is 0.333. The molecule has 1 aliphatic rings. The van der Waals surface area contributed by atoms with Gasteiger partial charge in [-0.3, -0.25) is 9.69 Å². The lowest BCUT2D eigenvalue weighted by molar-refractivity contribution is -0.116. The van der Waals surface area contributed by atoms with Crippen LogP contribution in [0.1, 0.15) is 12.5 Å². The van der Waals surface area contributed by atoms with Gasteiger partial charge in [0, 0.05) is 18.8 Å². The van der Waals surface area contributed by atoms with Crippen molar-refractivity contribution in [1.29, 1.82) is 0 Å². The summed E-state index contributed by atoms with van der Waals surface area (Å²) < 4.78 is 10.7. The van der Waals surface area contributed by atoms with Crippen molar-refractivity contribution >= 4 is 23.3 Å². The van der Waals surface area contributed by atoms with Crippen molar-refractivity contribution in [2.75, 3.05) is 43.6 Å². The molecule has 1 fully saturated rings. The van der Waals surface area contributed by atoms with Crippen molar-refractivity contribution in [2.45, 2.75) is 13.8 Å². The summed E-state index contributed by atoms with van der Waals surface area (Å²) >= 11 is 0. The van der Waals surface area contributed by atoms with Gasteiger partial charge in [0.1, 0.15) is 18.0 Å². The molecule has 0 unspecified atom stereocenters. The molecule has 0 aliphatic carbocycles. The Morgan fingerprint density at radius 2 is 1.89 bits per heavy atom. The molecule has 1 aliphatic heterocycles. The number of hydrogen-bond acceptors (Lipinski definition) is 4. The second-order valence-corrected chi connectivity index (χ2v) is 6.53. The molecule has 28 heavy (non-hydrogen) atoms. The summed E-state index contributed by atoms with van der Waals surface area (Å²) in [6, 6.07) is 12.8. The van der Waals surface area contributed by atoms with E-state index in [2.05, 4.69) is 5.32 Å². The standard InChI is InChI=1S/C21H25N3O4/c1-4-28-17-8-6-16(7-9-17)24-12-11-23(21(24)26)14-20(25)22-18-13-15(2)5-10-19(18)27-3/h5-10,13H,4,11-12,14H2,1-3H3,(H,22,25). The average Bonchev–Trinajstić information content (AvgIpc) is 3.03. The van der Waals surface area contributed by atoms with Gasteiger partial charge >= 0.3 is 6.03 Å². The van der Waals surface area contributed by atoms with E-state index in [1.165, 1.54) is 4.90 Å². The van der Waals surface area contributed by atoms with Crippen LogP contribution in [0.2, 0.25) is 0 Å². The molecule has 7 heteroatoms. The number of methoxy groups -OCH3 is 1. The predicted octanol–water partition coefficient (Wildman–Crippen LogP) is 3.28. The fourth-order valence-electron chi connectivity index (χ4n) is 3.14. The molecular weight excluding hydrogens is 358 g/mol. The average molecular weight is 383 g/mol. The third kappa shape index (κ3) is 4.36. The van der Waals surface area contributed by atoms with Crippen molar-refractivity contribution < 1.29 is 19.1 Å². The molecule has 0 bridgehead atoms. The summed E-state index contributed by atoms with van der Waals surface area (Å²) in [6.07, 6.45) is 0. The maximum Gasteiger partial charge on any atom is 0.325 e. The lowest BCUT2D eigenvalue weighted by atomic mass is 10.2. The van der Waals surface area contributed by atoms with Crippen molar-refractivity contribution in [3.63, 3.8) is 0 Å². The summed E-state index contributed by atoms with van der Waals surface area (Å²) in [4.78, 5) is 28.4. The van der Waals surface area contributed by atoms with Crippen LogP contribution in [0, 0.1) is 6.92 Å². The molecule has 0 atom stereocenters. The number of nitrogens with one attached hydrogen (secondary N) is 1. The quantitative estimate of drug-likeness (QED) is 0.797. The van der Waals surface area contributed by atoms with Crippen LogP contribution in [-0.4, -0.2) is 50.2 Å². The highest BCUT2D eigenvalue weighted by atomic mass is 16.5. The van der Waals surface area contributed by atoms with E-state index in [4.69, 9.17) is 9.47 Å². The number of hydrogen-bond donors (Lipinski definition) is 1. The number of aryl methyl sites for hydroxylation is 1. The number of carbonyl (C=O) groups is 2. The van der Waals surface area contributed by atoms with E-state index in [0.717, 1.165) is 17.0 Å². The number of anilines is 2. The SMILES string of the molecule is CCOc1ccc(N2CCN(CC(=O)Nc3cc(C)ccc3OC)C2=O)cc1. The number of amides is 3. The van der Waals surface area contributed by atoms with E-state index in [1.807, 2.05) is 50.2 Å². The van der Waals surface area contributed by atoms with Crippen LogP contribution >= 0.6 is 0 Å². The Balaban J connectivity index is 1.62. The minimum absolute atomic E-state index is 0.0105. The summed E-state index contributed by atoms with van der Waals surface area (Å²) in [7, 11) is 1.55. The zero-order valence-electron chi connectivity index (χ0n) is 16.4. The Morgan fingerprint density at radius 1 is 1.14 bits per heavy atom. The molecule has 0 saturated carbocycles. The Kier molecular flexibility index (Phi) is 6.03. The normalized spacial score (nSPS) is 13.6. The van der Waals surface area contributed by atoms with E-state index >= 15 is 0 Å². The van der Waals surface area contributed by atoms with Crippen molar-refractivity contribution in [3.8, 4) is 11.5 Å². The molecule has 0 spiro atoms. The maximum atomic E-state index is 12.7. The molecule has 2 aromatic carbocycles. The van der Waals surface area contributed by atoms with E-state index < -0.39 is 0 Å². The first kappa shape index (κ1) is 19.5. The van der Waals surface area contributed by atoms with Gasteiger partial charge in [-0.1, -0.05) is 6.07 Å². The molecule has 0 aromatic heterocycles. The summed E-state index contributed by atoms with van der Waals surface area (Å²) in [5, 5.41) is 2.83. The molecule has 7 nitrogen and oxygen atoms in total. The van der Waals surface area contributed by atoms with Gasteiger partial charge in [0.05, 0.1) is 19.4 Å². The van der Waals surface area contributed by atoms with E-state index in [-0.39, 0.29) is 18.5 Å². The molecule has 1 N–H and O–H groups in total. The minimum atomic E-state index is -0.259. The summed E-state index contributed by atoms with van der Waals surface area (Å²) in [5.74, 6) is 1.09. The van der Waals surface area contributed by atoms with Gasteiger partial charge in [0.2, 0.25) is 5.91 Å². The number of urea groups is 1. The third-order valence-corrected chi connectivity index (χ3v) is 4.52. The zero-order chi connectivity index (χ0) is 20.1. The monoisotopic (exact) mass is 383 g/mol. The highest BCUT2D eigenvalue weighted by Gasteiger charge is 2.31. The first-order chi connectivity index (χ1) is 13.5. The number of nitrogens with zero attached hydrogens (tertiary/aromatic N) is 2. The Bertz CT molecular complexity index is 851.